The van der Waals surface area contributed by atoms with Gasteiger partial charge in [0.2, 0.25) is 0 Å². The molecule has 0 amide bonds. The van der Waals surface area contributed by atoms with Gasteiger partial charge in [0.1, 0.15) is 5.78 Å². The average Bonchev–Trinajstić information content (AvgIpc) is 2.47. The molecule has 1 unspecified atom stereocenters. The fourth-order valence-corrected chi connectivity index (χ4v) is 3.78. The summed E-state index contributed by atoms with van der Waals surface area (Å²) in [6.07, 6.45) is 6.14. The molecule has 4 nitrogen and oxygen atoms in total. The fourth-order valence-electron chi connectivity index (χ4n) is 2.84. The van der Waals surface area contributed by atoms with E-state index in [0.717, 1.165) is 37.7 Å². The van der Waals surface area contributed by atoms with Crippen LogP contribution in [0, 0.1) is 12.8 Å². The number of carbonyl (C=O) groups is 1. The third-order valence-electron chi connectivity index (χ3n) is 4.14. The van der Waals surface area contributed by atoms with Crippen LogP contribution in [0.15, 0.2) is 29.2 Å². The fraction of sp³-hybridized carbons (Fsp3) is 0.588. The number of hydrogen-bond acceptors (Lipinski definition) is 4. The van der Waals surface area contributed by atoms with Gasteiger partial charge in [-0.25, -0.2) is 0 Å². The second-order valence-electron chi connectivity index (χ2n) is 6.09. The predicted octanol–water partition coefficient (Wildman–Crippen LogP) is 3.63. The highest BCUT2D eigenvalue weighted by molar-refractivity contribution is 7.86. The third kappa shape index (κ3) is 5.21. The van der Waals surface area contributed by atoms with Gasteiger partial charge in [-0.3, -0.25) is 8.98 Å². The lowest BCUT2D eigenvalue weighted by Crippen LogP contribution is -2.15. The number of carbonyl (C=O) groups excluding carboxylic acids is 1. The van der Waals surface area contributed by atoms with Gasteiger partial charge < -0.3 is 0 Å². The Kier molecular flexibility index (Phi) is 6.15. The molecule has 22 heavy (non-hydrogen) atoms. The first kappa shape index (κ1) is 17.2. The molecule has 1 aromatic rings. The highest BCUT2D eigenvalue weighted by atomic mass is 32.2. The first-order chi connectivity index (χ1) is 10.5. The molecule has 0 saturated heterocycles. The molecule has 1 fully saturated rings. The van der Waals surface area contributed by atoms with Crippen molar-refractivity contribution in [1.29, 1.82) is 0 Å². The Hall–Kier alpha value is -1.20. The van der Waals surface area contributed by atoms with E-state index in [0.29, 0.717) is 24.5 Å². The molecule has 0 aromatic heterocycles. The summed E-state index contributed by atoms with van der Waals surface area (Å²) in [5.41, 5.74) is 1.01. The Labute approximate surface area is 133 Å². The van der Waals surface area contributed by atoms with Crippen molar-refractivity contribution < 1.29 is 17.4 Å². The average molecular weight is 324 g/mol. The summed E-state index contributed by atoms with van der Waals surface area (Å²) in [6.45, 7) is 2.12. The maximum absolute atomic E-state index is 12.0. The van der Waals surface area contributed by atoms with Gasteiger partial charge >= 0.3 is 0 Å². The number of aryl methyl sites for hydroxylation is 1. The van der Waals surface area contributed by atoms with Gasteiger partial charge in [0.15, 0.2) is 0 Å². The quantitative estimate of drug-likeness (QED) is 0.567. The molecular weight excluding hydrogens is 300 g/mol. The lowest BCUT2D eigenvalue weighted by Gasteiger charge is -2.20. The molecule has 1 atom stereocenters. The Morgan fingerprint density at radius 2 is 1.91 bits per heavy atom. The second-order valence-corrected chi connectivity index (χ2v) is 7.70. The molecule has 0 N–H and O–H groups in total. The van der Waals surface area contributed by atoms with Crippen molar-refractivity contribution in [3.05, 3.63) is 29.8 Å². The maximum atomic E-state index is 12.0. The molecule has 1 aromatic carbocycles. The molecule has 1 saturated carbocycles. The highest BCUT2D eigenvalue weighted by Gasteiger charge is 2.19. The van der Waals surface area contributed by atoms with Gasteiger partial charge in [-0.05, 0) is 50.7 Å². The van der Waals surface area contributed by atoms with E-state index in [1.54, 1.807) is 24.3 Å². The van der Waals surface area contributed by atoms with Crippen LogP contribution in [0.5, 0.6) is 0 Å². The van der Waals surface area contributed by atoms with Gasteiger partial charge in [-0.2, -0.15) is 8.42 Å². The van der Waals surface area contributed by atoms with E-state index >= 15 is 0 Å². The Morgan fingerprint density at radius 1 is 1.18 bits per heavy atom. The van der Waals surface area contributed by atoms with Crippen molar-refractivity contribution in [1.82, 2.24) is 0 Å². The van der Waals surface area contributed by atoms with Crippen LogP contribution >= 0.6 is 0 Å². The van der Waals surface area contributed by atoms with Crippen LogP contribution in [0.4, 0.5) is 0 Å². The van der Waals surface area contributed by atoms with Crippen molar-refractivity contribution in [2.45, 2.75) is 56.8 Å². The zero-order chi connectivity index (χ0) is 16.0. The van der Waals surface area contributed by atoms with Crippen LogP contribution in [-0.4, -0.2) is 20.8 Å². The molecule has 1 aliphatic rings. The highest BCUT2D eigenvalue weighted by Crippen LogP contribution is 2.25. The van der Waals surface area contributed by atoms with Crippen molar-refractivity contribution >= 4 is 15.9 Å². The minimum absolute atomic E-state index is 0.205. The van der Waals surface area contributed by atoms with Crippen molar-refractivity contribution in [2.75, 3.05) is 6.61 Å². The van der Waals surface area contributed by atoms with Crippen LogP contribution in [0.3, 0.4) is 0 Å². The van der Waals surface area contributed by atoms with E-state index in [1.165, 1.54) is 0 Å². The number of rotatable bonds is 7. The lowest BCUT2D eigenvalue weighted by atomic mass is 9.85. The number of ketones is 1. The van der Waals surface area contributed by atoms with Crippen molar-refractivity contribution in [3.8, 4) is 0 Å². The summed E-state index contributed by atoms with van der Waals surface area (Å²) in [5, 5.41) is 0. The molecule has 0 bridgehead atoms. The molecule has 0 aliphatic heterocycles. The van der Waals surface area contributed by atoms with Gasteiger partial charge in [0, 0.05) is 12.8 Å². The molecule has 2 rings (SSSR count). The van der Waals surface area contributed by atoms with Gasteiger partial charge in [0.05, 0.1) is 11.5 Å². The standard InChI is InChI=1S/C17H24O4S/c1-14-8-10-17(11-9-14)22(19,20)21-12-3-2-5-15-6-4-7-16(18)13-15/h8-11,15H,2-7,12-13H2,1H3. The zero-order valence-corrected chi connectivity index (χ0v) is 13.9. The molecule has 1 aliphatic carbocycles. The first-order valence-corrected chi connectivity index (χ1v) is 9.36. The SMILES string of the molecule is Cc1ccc(S(=O)(=O)OCCCCC2CCCC(=O)C2)cc1. The minimum atomic E-state index is -3.65. The molecular formula is C17H24O4S. The van der Waals surface area contributed by atoms with Gasteiger partial charge in [-0.15, -0.1) is 0 Å². The Morgan fingerprint density at radius 3 is 2.59 bits per heavy atom. The van der Waals surface area contributed by atoms with E-state index in [9.17, 15) is 13.2 Å². The zero-order valence-electron chi connectivity index (χ0n) is 13.1. The van der Waals surface area contributed by atoms with Crippen molar-refractivity contribution in [3.63, 3.8) is 0 Å². The molecule has 0 radical (unpaired) electrons. The van der Waals surface area contributed by atoms with E-state index in [-0.39, 0.29) is 11.5 Å². The smallest absolute Gasteiger partial charge is 0.296 e. The summed E-state index contributed by atoms with van der Waals surface area (Å²) in [6, 6.07) is 6.66. The van der Waals surface area contributed by atoms with Gasteiger partial charge in [-0.1, -0.05) is 24.1 Å². The van der Waals surface area contributed by atoms with E-state index in [4.69, 9.17) is 4.18 Å². The second kappa shape index (κ2) is 7.88. The monoisotopic (exact) mass is 324 g/mol. The maximum Gasteiger partial charge on any atom is 0.296 e. The van der Waals surface area contributed by atoms with Crippen molar-refractivity contribution in [2.24, 2.45) is 5.92 Å². The number of unbranched alkanes of at least 4 members (excludes halogenated alkanes) is 1. The Balaban J connectivity index is 1.69. The van der Waals surface area contributed by atoms with E-state index < -0.39 is 10.1 Å². The van der Waals surface area contributed by atoms with Crippen LogP contribution < -0.4 is 0 Å². The summed E-state index contributed by atoms with van der Waals surface area (Å²) < 4.78 is 29.0. The predicted molar refractivity (Wildman–Crippen MR) is 85.1 cm³/mol. The van der Waals surface area contributed by atoms with E-state index in [2.05, 4.69) is 0 Å². The summed E-state index contributed by atoms with van der Waals surface area (Å²) in [5.74, 6) is 0.851. The first-order valence-electron chi connectivity index (χ1n) is 7.95. The van der Waals surface area contributed by atoms with Crippen LogP contribution in [-0.2, 0) is 19.1 Å². The number of Topliss-reactive ketones (excluding diaryl/α,β-unsaturated/α-hetero) is 1. The minimum Gasteiger partial charge on any atom is -0.300 e. The molecule has 5 heteroatoms. The number of benzene rings is 1. The largest absolute Gasteiger partial charge is 0.300 e. The molecule has 122 valence electrons. The molecule has 0 heterocycles. The van der Waals surface area contributed by atoms with Gasteiger partial charge in [0.25, 0.3) is 10.1 Å². The van der Waals surface area contributed by atoms with E-state index in [1.807, 2.05) is 6.92 Å². The normalized spacial score (nSPS) is 19.3. The lowest BCUT2D eigenvalue weighted by molar-refractivity contribution is -0.121. The summed E-state index contributed by atoms with van der Waals surface area (Å²) in [4.78, 5) is 11.6. The molecule has 0 spiro atoms. The summed E-state index contributed by atoms with van der Waals surface area (Å²) >= 11 is 0. The van der Waals surface area contributed by atoms with Crippen LogP contribution in [0.2, 0.25) is 0 Å². The third-order valence-corrected chi connectivity index (χ3v) is 5.47. The Bertz CT molecular complexity index is 590. The number of hydrogen-bond donors (Lipinski definition) is 0. The summed E-state index contributed by atoms with van der Waals surface area (Å²) in [7, 11) is -3.65. The topological polar surface area (TPSA) is 60.4 Å². The van der Waals surface area contributed by atoms with Crippen LogP contribution in [0.25, 0.3) is 0 Å². The van der Waals surface area contributed by atoms with Crippen LogP contribution in [0.1, 0.15) is 50.5 Å².